The Morgan fingerprint density at radius 1 is 1.19 bits per heavy atom. The second-order valence-corrected chi connectivity index (χ2v) is 8.10. The van der Waals surface area contributed by atoms with Crippen molar-refractivity contribution >= 4 is 40.1 Å². The number of nitriles is 1. The lowest BCUT2D eigenvalue weighted by Crippen LogP contribution is -2.29. The lowest BCUT2D eigenvalue weighted by molar-refractivity contribution is 0.151. The van der Waals surface area contributed by atoms with Gasteiger partial charge in [0.1, 0.15) is 29.1 Å². The number of aromatic nitrogens is 4. The Morgan fingerprint density at radius 3 is 2.61 bits per heavy atom. The molecule has 0 amide bonds. The molecular formula is C23H18ClF3N8O. The van der Waals surface area contributed by atoms with E-state index in [1.807, 2.05) is 6.07 Å². The Bertz CT molecular complexity index is 1580. The van der Waals surface area contributed by atoms with E-state index < -0.39 is 29.4 Å². The van der Waals surface area contributed by atoms with Gasteiger partial charge in [-0.25, -0.2) is 18.2 Å². The number of halogens is 4. The van der Waals surface area contributed by atoms with Crippen molar-refractivity contribution in [3.63, 3.8) is 0 Å². The highest BCUT2D eigenvalue weighted by Gasteiger charge is 2.24. The lowest BCUT2D eigenvalue weighted by Gasteiger charge is -2.23. The molecule has 0 aliphatic carbocycles. The molecule has 4 rings (SSSR count). The molecule has 2 aromatic carbocycles. The molecule has 36 heavy (non-hydrogen) atoms. The summed E-state index contributed by atoms with van der Waals surface area (Å²) >= 11 is 6.26. The van der Waals surface area contributed by atoms with Gasteiger partial charge in [0.15, 0.2) is 5.82 Å². The van der Waals surface area contributed by atoms with Gasteiger partial charge in [0, 0.05) is 5.56 Å². The maximum atomic E-state index is 14.4. The summed E-state index contributed by atoms with van der Waals surface area (Å²) in [7, 11) is 0. The first kappa shape index (κ1) is 24.7. The monoisotopic (exact) mass is 514 g/mol. The van der Waals surface area contributed by atoms with E-state index in [4.69, 9.17) is 23.1 Å². The summed E-state index contributed by atoms with van der Waals surface area (Å²) in [6.07, 6.45) is -2.72. The fourth-order valence-electron chi connectivity index (χ4n) is 3.77. The first-order valence-electron chi connectivity index (χ1n) is 10.5. The Kier molecular flexibility index (Phi) is 6.67. The number of nitrogens with one attached hydrogen (secondary N) is 1. The quantitative estimate of drug-likeness (QED) is 0.340. The summed E-state index contributed by atoms with van der Waals surface area (Å²) in [6.45, 7) is 1.74. The average molecular weight is 515 g/mol. The summed E-state index contributed by atoms with van der Waals surface area (Å²) in [4.78, 5) is 26.0. The third kappa shape index (κ3) is 4.48. The Labute approximate surface area is 207 Å². The van der Waals surface area contributed by atoms with Crippen molar-refractivity contribution < 1.29 is 13.2 Å². The minimum atomic E-state index is -2.99. The van der Waals surface area contributed by atoms with Crippen LogP contribution in [-0.2, 0) is 0 Å². The van der Waals surface area contributed by atoms with Gasteiger partial charge >= 0.3 is 0 Å². The summed E-state index contributed by atoms with van der Waals surface area (Å²) in [5, 5.41) is 12.6. The molecule has 5 N–H and O–H groups in total. The smallest absolute Gasteiger partial charge is 0.267 e. The fraction of sp³-hybridized carbons (Fsp3) is 0.174. The third-order valence-corrected chi connectivity index (χ3v) is 5.70. The number of hydrogen-bond donors (Lipinski definition) is 3. The van der Waals surface area contributed by atoms with Crippen molar-refractivity contribution in [3.8, 4) is 11.8 Å². The van der Waals surface area contributed by atoms with Crippen molar-refractivity contribution in [1.29, 1.82) is 5.26 Å². The Balaban J connectivity index is 2.02. The van der Waals surface area contributed by atoms with Crippen molar-refractivity contribution in [2.75, 3.05) is 16.8 Å². The van der Waals surface area contributed by atoms with Crippen molar-refractivity contribution in [3.05, 3.63) is 74.5 Å². The van der Waals surface area contributed by atoms with Crippen LogP contribution in [0.4, 0.5) is 30.8 Å². The third-order valence-electron chi connectivity index (χ3n) is 5.38. The first-order chi connectivity index (χ1) is 17.1. The standard InChI is InChI=1S/C23H18ClF3N8O/c1-2-15(31-20-13(9-28)19(29)33-23(30)34-20)21-32-16-5-3-4-14(24)17(16)22(36)35(21)12-7-10(18(26)27)6-11(25)8-12/h3-8,15,18H,2H2,1H3,(H5,29,30,31,33,34)/t15-/m0/s1. The van der Waals surface area contributed by atoms with E-state index in [9.17, 15) is 23.2 Å². The van der Waals surface area contributed by atoms with Gasteiger partial charge in [-0.3, -0.25) is 9.36 Å². The van der Waals surface area contributed by atoms with E-state index >= 15 is 0 Å². The van der Waals surface area contributed by atoms with Crippen molar-refractivity contribution in [2.45, 2.75) is 25.8 Å². The molecule has 2 heterocycles. The van der Waals surface area contributed by atoms with Crippen LogP contribution in [0.2, 0.25) is 5.02 Å². The molecule has 0 aliphatic rings. The molecule has 0 spiro atoms. The predicted molar refractivity (Wildman–Crippen MR) is 129 cm³/mol. The molecule has 9 nitrogen and oxygen atoms in total. The van der Waals surface area contributed by atoms with Crippen LogP contribution >= 0.6 is 11.6 Å². The molecule has 0 aliphatic heterocycles. The summed E-state index contributed by atoms with van der Waals surface area (Å²) in [5.41, 5.74) is 10.1. The van der Waals surface area contributed by atoms with E-state index in [1.165, 1.54) is 6.07 Å². The number of nitrogen functional groups attached to an aromatic ring is 2. The molecule has 0 bridgehead atoms. The summed E-state index contributed by atoms with van der Waals surface area (Å²) in [6, 6.07) is 8.30. The first-order valence-corrected chi connectivity index (χ1v) is 10.9. The van der Waals surface area contributed by atoms with Gasteiger partial charge in [-0.15, -0.1) is 0 Å². The number of hydrogen-bond acceptors (Lipinski definition) is 8. The summed E-state index contributed by atoms with van der Waals surface area (Å²) < 4.78 is 42.3. The second-order valence-electron chi connectivity index (χ2n) is 7.70. The number of nitrogens with two attached hydrogens (primary N) is 2. The minimum absolute atomic E-state index is 0.0196. The number of alkyl halides is 2. The zero-order chi connectivity index (χ0) is 26.1. The molecule has 0 radical (unpaired) electrons. The average Bonchev–Trinajstić information content (AvgIpc) is 2.81. The van der Waals surface area contributed by atoms with Crippen LogP contribution in [0.25, 0.3) is 16.6 Å². The molecule has 2 aromatic heterocycles. The molecule has 13 heteroatoms. The largest absolute Gasteiger partial charge is 0.382 e. The van der Waals surface area contributed by atoms with E-state index in [0.29, 0.717) is 6.07 Å². The Hall–Kier alpha value is -4.37. The molecule has 0 saturated heterocycles. The van der Waals surface area contributed by atoms with Gasteiger partial charge in [0.2, 0.25) is 5.95 Å². The van der Waals surface area contributed by atoms with Crippen molar-refractivity contribution in [1.82, 2.24) is 19.5 Å². The van der Waals surface area contributed by atoms with Crippen molar-refractivity contribution in [2.24, 2.45) is 0 Å². The van der Waals surface area contributed by atoms with E-state index in [2.05, 4.69) is 20.3 Å². The number of rotatable bonds is 6. The van der Waals surface area contributed by atoms with E-state index in [1.54, 1.807) is 19.1 Å². The minimum Gasteiger partial charge on any atom is -0.382 e. The molecule has 0 saturated carbocycles. The maximum absolute atomic E-state index is 14.4. The van der Waals surface area contributed by atoms with Gasteiger partial charge in [-0.05, 0) is 36.8 Å². The Morgan fingerprint density at radius 2 is 1.94 bits per heavy atom. The highest BCUT2D eigenvalue weighted by atomic mass is 35.5. The predicted octanol–water partition coefficient (Wildman–Crippen LogP) is 4.51. The summed E-state index contributed by atoms with van der Waals surface area (Å²) in [5.74, 6) is -1.32. The normalized spacial score (nSPS) is 12.0. The van der Waals surface area contributed by atoms with Gasteiger partial charge < -0.3 is 16.8 Å². The van der Waals surface area contributed by atoms with Crippen LogP contribution in [0.3, 0.4) is 0 Å². The van der Waals surface area contributed by atoms with E-state index in [-0.39, 0.29) is 57.0 Å². The fourth-order valence-corrected chi connectivity index (χ4v) is 4.02. The van der Waals surface area contributed by atoms with Crippen LogP contribution in [-0.4, -0.2) is 19.5 Å². The van der Waals surface area contributed by atoms with Gasteiger partial charge in [0.25, 0.3) is 12.0 Å². The van der Waals surface area contributed by atoms with Gasteiger partial charge in [-0.2, -0.15) is 15.2 Å². The number of benzene rings is 2. The number of fused-ring (bicyclic) bond motifs is 1. The lowest BCUT2D eigenvalue weighted by atomic mass is 10.1. The van der Waals surface area contributed by atoms with Crippen LogP contribution in [0.1, 0.15) is 42.8 Å². The SMILES string of the molecule is CC[C@H](Nc1nc(N)nc(N)c1C#N)c1nc2cccc(Cl)c2c(=O)n1-c1cc(F)cc(C(F)F)c1. The number of anilines is 3. The van der Waals surface area contributed by atoms with E-state index in [0.717, 1.165) is 16.7 Å². The van der Waals surface area contributed by atoms with Crippen LogP contribution in [0.15, 0.2) is 41.2 Å². The molecule has 1 atom stereocenters. The van der Waals surface area contributed by atoms with Gasteiger partial charge in [0.05, 0.1) is 27.7 Å². The van der Waals surface area contributed by atoms with Crippen LogP contribution < -0.4 is 22.3 Å². The maximum Gasteiger partial charge on any atom is 0.267 e. The zero-order valence-corrected chi connectivity index (χ0v) is 19.4. The molecule has 0 fully saturated rings. The second kappa shape index (κ2) is 9.71. The van der Waals surface area contributed by atoms with Crippen LogP contribution in [0, 0.1) is 17.1 Å². The molecular weight excluding hydrogens is 497 g/mol. The van der Waals surface area contributed by atoms with Crippen LogP contribution in [0.5, 0.6) is 0 Å². The van der Waals surface area contributed by atoms with Gasteiger partial charge in [-0.1, -0.05) is 24.6 Å². The highest BCUT2D eigenvalue weighted by Crippen LogP contribution is 2.30. The topological polar surface area (TPSA) is 149 Å². The highest BCUT2D eigenvalue weighted by molar-refractivity contribution is 6.35. The number of nitrogens with zero attached hydrogens (tertiary/aromatic N) is 5. The molecule has 4 aromatic rings. The molecule has 0 unspecified atom stereocenters. The molecule has 184 valence electrons. The zero-order valence-electron chi connectivity index (χ0n) is 18.6.